The van der Waals surface area contributed by atoms with Gasteiger partial charge < -0.3 is 9.64 Å². The molecule has 1 fully saturated rings. The second-order valence-electron chi connectivity index (χ2n) is 4.03. The van der Waals surface area contributed by atoms with Crippen molar-refractivity contribution in [3.05, 3.63) is 29.8 Å². The average molecular weight is 230 g/mol. The highest BCUT2D eigenvalue weighted by Gasteiger charge is 2.31. The molecular weight excluding hydrogens is 216 g/mol. The van der Waals surface area contributed by atoms with Gasteiger partial charge in [0, 0.05) is 12.2 Å². The molecule has 0 spiro atoms. The molecule has 4 nitrogen and oxygen atoms in total. The molecule has 2 rings (SSSR count). The van der Waals surface area contributed by atoms with Crippen LogP contribution in [-0.2, 0) is 9.53 Å². The number of carbonyl (C=O) groups excluding carboxylic acids is 1. The summed E-state index contributed by atoms with van der Waals surface area (Å²) in [6.07, 6.45) is 1.81. The monoisotopic (exact) mass is 230 g/mol. The molecule has 0 amide bonds. The Kier molecular flexibility index (Phi) is 3.29. The fourth-order valence-electron chi connectivity index (χ4n) is 2.18. The van der Waals surface area contributed by atoms with Crippen LogP contribution in [0.15, 0.2) is 24.3 Å². The molecule has 88 valence electrons. The van der Waals surface area contributed by atoms with Gasteiger partial charge in [-0.15, -0.1) is 0 Å². The number of ether oxygens (including phenoxy) is 1. The molecule has 1 atom stereocenters. The smallest absolute Gasteiger partial charge is 0.328 e. The molecule has 1 aliphatic heterocycles. The van der Waals surface area contributed by atoms with Gasteiger partial charge in [-0.3, -0.25) is 0 Å². The van der Waals surface area contributed by atoms with E-state index in [0.29, 0.717) is 5.56 Å². The minimum atomic E-state index is -0.188. The van der Waals surface area contributed by atoms with Crippen LogP contribution in [0, 0.1) is 11.3 Å². The van der Waals surface area contributed by atoms with E-state index in [1.807, 2.05) is 17.0 Å². The van der Waals surface area contributed by atoms with Crippen molar-refractivity contribution in [3.63, 3.8) is 0 Å². The molecule has 1 saturated heterocycles. The zero-order chi connectivity index (χ0) is 12.3. The molecule has 1 aromatic rings. The number of nitriles is 1. The predicted molar refractivity (Wildman–Crippen MR) is 63.5 cm³/mol. The summed E-state index contributed by atoms with van der Waals surface area (Å²) in [7, 11) is 1.41. The number of rotatable bonds is 2. The lowest BCUT2D eigenvalue weighted by Crippen LogP contribution is -2.36. The first-order valence-electron chi connectivity index (χ1n) is 5.61. The van der Waals surface area contributed by atoms with Crippen LogP contribution in [-0.4, -0.2) is 25.7 Å². The second kappa shape index (κ2) is 4.88. The first-order chi connectivity index (χ1) is 8.26. The van der Waals surface area contributed by atoms with Gasteiger partial charge in [-0.05, 0) is 37.1 Å². The topological polar surface area (TPSA) is 53.3 Å². The normalized spacial score (nSPS) is 18.8. The molecule has 0 radical (unpaired) electrons. The summed E-state index contributed by atoms with van der Waals surface area (Å²) < 4.78 is 4.80. The van der Waals surface area contributed by atoms with Gasteiger partial charge in [0.2, 0.25) is 0 Å². The van der Waals surface area contributed by atoms with Gasteiger partial charge in [0.25, 0.3) is 0 Å². The Balaban J connectivity index is 2.20. The van der Waals surface area contributed by atoms with E-state index in [0.717, 1.165) is 25.1 Å². The third-order valence-corrected chi connectivity index (χ3v) is 3.05. The molecule has 1 aliphatic rings. The first kappa shape index (κ1) is 11.5. The zero-order valence-corrected chi connectivity index (χ0v) is 9.72. The SMILES string of the molecule is COC(=O)C1CCCN1c1ccc(C#N)cc1. The summed E-state index contributed by atoms with van der Waals surface area (Å²) in [5.74, 6) is -0.188. The number of hydrogen-bond donors (Lipinski definition) is 0. The zero-order valence-electron chi connectivity index (χ0n) is 9.72. The van der Waals surface area contributed by atoms with Crippen molar-refractivity contribution >= 4 is 11.7 Å². The quantitative estimate of drug-likeness (QED) is 0.726. The molecule has 1 unspecified atom stereocenters. The summed E-state index contributed by atoms with van der Waals surface area (Å²) in [5, 5.41) is 8.73. The van der Waals surface area contributed by atoms with Crippen LogP contribution in [0.25, 0.3) is 0 Å². The highest BCUT2D eigenvalue weighted by Crippen LogP contribution is 2.26. The number of anilines is 1. The summed E-state index contributed by atoms with van der Waals surface area (Å²) in [6, 6.07) is 9.17. The molecule has 0 saturated carbocycles. The Morgan fingerprint density at radius 1 is 1.47 bits per heavy atom. The lowest BCUT2D eigenvalue weighted by Gasteiger charge is -2.24. The van der Waals surface area contributed by atoms with Crippen molar-refractivity contribution < 1.29 is 9.53 Å². The fourth-order valence-corrected chi connectivity index (χ4v) is 2.18. The van der Waals surface area contributed by atoms with E-state index in [9.17, 15) is 4.79 Å². The molecule has 0 aromatic heterocycles. The van der Waals surface area contributed by atoms with Crippen molar-refractivity contribution in [3.8, 4) is 6.07 Å². The third kappa shape index (κ3) is 2.23. The Morgan fingerprint density at radius 3 is 2.76 bits per heavy atom. The van der Waals surface area contributed by atoms with Gasteiger partial charge in [0.1, 0.15) is 6.04 Å². The van der Waals surface area contributed by atoms with Crippen LogP contribution in [0.3, 0.4) is 0 Å². The molecule has 1 aromatic carbocycles. The highest BCUT2D eigenvalue weighted by atomic mass is 16.5. The van der Waals surface area contributed by atoms with E-state index < -0.39 is 0 Å². The molecule has 0 N–H and O–H groups in total. The van der Waals surface area contributed by atoms with Gasteiger partial charge >= 0.3 is 5.97 Å². The van der Waals surface area contributed by atoms with Crippen LogP contribution in [0.4, 0.5) is 5.69 Å². The molecule has 0 bridgehead atoms. The van der Waals surface area contributed by atoms with Crippen LogP contribution in [0.2, 0.25) is 0 Å². The molecule has 1 heterocycles. The summed E-state index contributed by atoms with van der Waals surface area (Å²) in [5.41, 5.74) is 1.60. The van der Waals surface area contributed by atoms with E-state index in [1.54, 1.807) is 12.1 Å². The van der Waals surface area contributed by atoms with Crippen molar-refractivity contribution in [2.24, 2.45) is 0 Å². The van der Waals surface area contributed by atoms with E-state index in [-0.39, 0.29) is 12.0 Å². The highest BCUT2D eigenvalue weighted by molar-refractivity contribution is 5.80. The lowest BCUT2D eigenvalue weighted by molar-refractivity contribution is -0.141. The van der Waals surface area contributed by atoms with Crippen LogP contribution in [0.5, 0.6) is 0 Å². The Hall–Kier alpha value is -2.02. The van der Waals surface area contributed by atoms with Crippen molar-refractivity contribution in [2.45, 2.75) is 18.9 Å². The van der Waals surface area contributed by atoms with Gasteiger partial charge in [0.15, 0.2) is 0 Å². The summed E-state index contributed by atoms with van der Waals surface area (Å²) in [4.78, 5) is 13.6. The number of esters is 1. The van der Waals surface area contributed by atoms with Crippen molar-refractivity contribution in [1.82, 2.24) is 0 Å². The van der Waals surface area contributed by atoms with Crippen molar-refractivity contribution in [2.75, 3.05) is 18.6 Å². The maximum absolute atomic E-state index is 11.6. The number of carbonyl (C=O) groups is 1. The number of benzene rings is 1. The molecule has 17 heavy (non-hydrogen) atoms. The van der Waals surface area contributed by atoms with Crippen LogP contribution in [0.1, 0.15) is 18.4 Å². The maximum atomic E-state index is 11.6. The van der Waals surface area contributed by atoms with Gasteiger partial charge in [-0.2, -0.15) is 5.26 Å². The van der Waals surface area contributed by atoms with Crippen LogP contribution < -0.4 is 4.90 Å². The minimum absolute atomic E-state index is 0.187. The van der Waals surface area contributed by atoms with E-state index in [1.165, 1.54) is 7.11 Å². The van der Waals surface area contributed by atoms with Gasteiger partial charge in [0.05, 0.1) is 18.7 Å². The van der Waals surface area contributed by atoms with Gasteiger partial charge in [-0.25, -0.2) is 4.79 Å². The number of methoxy groups -OCH3 is 1. The number of nitrogens with zero attached hydrogens (tertiary/aromatic N) is 2. The van der Waals surface area contributed by atoms with Gasteiger partial charge in [-0.1, -0.05) is 0 Å². The van der Waals surface area contributed by atoms with E-state index >= 15 is 0 Å². The van der Waals surface area contributed by atoms with Crippen molar-refractivity contribution in [1.29, 1.82) is 5.26 Å². The molecule has 0 aliphatic carbocycles. The largest absolute Gasteiger partial charge is 0.467 e. The van der Waals surface area contributed by atoms with E-state index in [2.05, 4.69) is 6.07 Å². The minimum Gasteiger partial charge on any atom is -0.467 e. The second-order valence-corrected chi connectivity index (χ2v) is 4.03. The van der Waals surface area contributed by atoms with E-state index in [4.69, 9.17) is 10.00 Å². The summed E-state index contributed by atoms with van der Waals surface area (Å²) in [6.45, 7) is 0.853. The first-order valence-corrected chi connectivity index (χ1v) is 5.61. The lowest BCUT2D eigenvalue weighted by atomic mass is 10.2. The molecule has 4 heteroatoms. The fraction of sp³-hybridized carbons (Fsp3) is 0.385. The number of hydrogen-bond acceptors (Lipinski definition) is 4. The average Bonchev–Trinajstić information content (AvgIpc) is 2.87. The Bertz CT molecular complexity index is 447. The molecular formula is C13H14N2O2. The van der Waals surface area contributed by atoms with Crippen LogP contribution >= 0.6 is 0 Å². The standard InChI is InChI=1S/C13H14N2O2/c1-17-13(16)12-3-2-8-15(12)11-6-4-10(9-14)5-7-11/h4-7,12H,2-3,8H2,1H3. The summed E-state index contributed by atoms with van der Waals surface area (Å²) >= 11 is 0. The Labute approximate surface area is 100 Å². The predicted octanol–water partition coefficient (Wildman–Crippen LogP) is 1.70. The Morgan fingerprint density at radius 2 is 2.18 bits per heavy atom. The third-order valence-electron chi connectivity index (χ3n) is 3.05. The maximum Gasteiger partial charge on any atom is 0.328 e.